The first kappa shape index (κ1) is 21.3. The first-order chi connectivity index (χ1) is 14.5. The van der Waals surface area contributed by atoms with E-state index in [1.54, 1.807) is 0 Å². The number of aryl methyl sites for hydroxylation is 1. The van der Waals surface area contributed by atoms with Crippen LogP contribution in [-0.4, -0.2) is 23.0 Å². The van der Waals surface area contributed by atoms with E-state index in [0.29, 0.717) is 12.8 Å². The predicted octanol–water partition coefficient (Wildman–Crippen LogP) is 4.58. The zero-order chi connectivity index (χ0) is 21.4. The average Bonchev–Trinajstić information content (AvgIpc) is 2.79. The smallest absolute Gasteiger partial charge is 0.326 e. The summed E-state index contributed by atoms with van der Waals surface area (Å²) in [4.78, 5) is 25.3. The first-order valence-corrected chi connectivity index (χ1v) is 10.2. The SMILES string of the molecule is CC(C(=O)N[C@H](CCCc1ccccc1)C(=O)O)(c1ccccc1)c1ccccc1. The number of carbonyl (C=O) groups excluding carboxylic acids is 1. The lowest BCUT2D eigenvalue weighted by Crippen LogP contribution is -2.50. The molecule has 3 rings (SSSR count). The molecule has 0 aliphatic carbocycles. The van der Waals surface area contributed by atoms with Crippen molar-refractivity contribution in [1.82, 2.24) is 5.32 Å². The van der Waals surface area contributed by atoms with Crippen molar-refractivity contribution in [3.63, 3.8) is 0 Å². The van der Waals surface area contributed by atoms with Crippen LogP contribution in [0.15, 0.2) is 91.0 Å². The molecule has 1 atom stereocenters. The molecule has 0 radical (unpaired) electrons. The van der Waals surface area contributed by atoms with Crippen LogP contribution in [0, 0.1) is 0 Å². The van der Waals surface area contributed by atoms with E-state index >= 15 is 0 Å². The van der Waals surface area contributed by atoms with Crippen molar-refractivity contribution in [1.29, 1.82) is 0 Å². The van der Waals surface area contributed by atoms with Crippen molar-refractivity contribution in [3.8, 4) is 0 Å². The molecule has 1 amide bonds. The van der Waals surface area contributed by atoms with Gasteiger partial charge in [0.05, 0.1) is 5.41 Å². The lowest BCUT2D eigenvalue weighted by atomic mass is 9.75. The second-order valence-electron chi connectivity index (χ2n) is 7.60. The monoisotopic (exact) mass is 401 g/mol. The third-order valence-electron chi connectivity index (χ3n) is 5.56. The zero-order valence-corrected chi connectivity index (χ0v) is 17.1. The molecule has 0 unspecified atom stereocenters. The van der Waals surface area contributed by atoms with Crippen molar-refractivity contribution in [3.05, 3.63) is 108 Å². The highest BCUT2D eigenvalue weighted by molar-refractivity contribution is 5.94. The molecule has 0 saturated heterocycles. The lowest BCUT2D eigenvalue weighted by molar-refractivity contribution is -0.142. The van der Waals surface area contributed by atoms with Crippen LogP contribution >= 0.6 is 0 Å². The predicted molar refractivity (Wildman–Crippen MR) is 118 cm³/mol. The van der Waals surface area contributed by atoms with Gasteiger partial charge in [0.15, 0.2) is 0 Å². The molecular formula is C26H27NO3. The Kier molecular flexibility index (Phi) is 7.02. The van der Waals surface area contributed by atoms with Crippen LogP contribution < -0.4 is 5.32 Å². The second kappa shape index (κ2) is 9.88. The topological polar surface area (TPSA) is 66.4 Å². The van der Waals surface area contributed by atoms with Crippen molar-refractivity contribution in [2.24, 2.45) is 0 Å². The molecule has 0 aliphatic heterocycles. The van der Waals surface area contributed by atoms with Crippen LogP contribution in [-0.2, 0) is 21.4 Å². The van der Waals surface area contributed by atoms with Gasteiger partial charge in [-0.05, 0) is 42.9 Å². The van der Waals surface area contributed by atoms with E-state index in [4.69, 9.17) is 0 Å². The van der Waals surface area contributed by atoms with Gasteiger partial charge in [-0.2, -0.15) is 0 Å². The summed E-state index contributed by atoms with van der Waals surface area (Å²) in [7, 11) is 0. The maximum absolute atomic E-state index is 13.4. The molecule has 0 bridgehead atoms. The van der Waals surface area contributed by atoms with Crippen LogP contribution in [0.1, 0.15) is 36.5 Å². The third kappa shape index (κ3) is 4.95. The normalized spacial score (nSPS) is 12.2. The fraction of sp³-hybridized carbons (Fsp3) is 0.231. The molecule has 30 heavy (non-hydrogen) atoms. The Morgan fingerprint density at radius 1 is 0.833 bits per heavy atom. The maximum atomic E-state index is 13.4. The van der Waals surface area contributed by atoms with Gasteiger partial charge in [-0.15, -0.1) is 0 Å². The van der Waals surface area contributed by atoms with E-state index in [2.05, 4.69) is 5.32 Å². The number of carboxylic acids is 1. The molecule has 3 aromatic rings. The van der Waals surface area contributed by atoms with Gasteiger partial charge in [-0.1, -0.05) is 91.0 Å². The van der Waals surface area contributed by atoms with Crippen LogP contribution in [0.4, 0.5) is 0 Å². The summed E-state index contributed by atoms with van der Waals surface area (Å²) in [6, 6.07) is 28.0. The molecule has 0 heterocycles. The fourth-order valence-corrected chi connectivity index (χ4v) is 3.69. The number of carbonyl (C=O) groups is 2. The Bertz CT molecular complexity index is 916. The standard InChI is InChI=1S/C26H27NO3/c1-26(21-15-7-3-8-16-21,22-17-9-4-10-18-22)25(30)27-23(24(28)29)19-11-14-20-12-5-2-6-13-20/h2-10,12-13,15-18,23H,11,14,19H2,1H3,(H,27,30)(H,28,29)/t23-/m1/s1. The summed E-state index contributed by atoms with van der Waals surface area (Å²) >= 11 is 0. The summed E-state index contributed by atoms with van der Waals surface area (Å²) in [5, 5.41) is 12.5. The van der Waals surface area contributed by atoms with Crippen LogP contribution in [0.3, 0.4) is 0 Å². The highest BCUT2D eigenvalue weighted by atomic mass is 16.4. The Balaban J connectivity index is 1.78. The minimum atomic E-state index is -1.01. The number of nitrogens with one attached hydrogen (secondary N) is 1. The molecule has 3 aromatic carbocycles. The molecule has 154 valence electrons. The number of carboxylic acid groups (broad SMARTS) is 1. The highest BCUT2D eigenvalue weighted by Crippen LogP contribution is 2.32. The molecule has 4 heteroatoms. The Morgan fingerprint density at radius 3 is 1.77 bits per heavy atom. The quantitative estimate of drug-likeness (QED) is 0.551. The molecule has 2 N–H and O–H groups in total. The number of aliphatic carboxylic acids is 1. The largest absolute Gasteiger partial charge is 0.480 e. The van der Waals surface area contributed by atoms with E-state index < -0.39 is 17.4 Å². The summed E-state index contributed by atoms with van der Waals surface area (Å²) < 4.78 is 0. The van der Waals surface area contributed by atoms with Crippen molar-refractivity contribution < 1.29 is 14.7 Å². The zero-order valence-electron chi connectivity index (χ0n) is 17.1. The minimum absolute atomic E-state index is 0.313. The van der Waals surface area contributed by atoms with Gasteiger partial charge in [0.1, 0.15) is 6.04 Å². The molecular weight excluding hydrogens is 374 g/mol. The van der Waals surface area contributed by atoms with E-state index in [-0.39, 0.29) is 5.91 Å². The number of rotatable bonds is 9. The number of benzene rings is 3. The molecule has 0 fully saturated rings. The van der Waals surface area contributed by atoms with Gasteiger partial charge < -0.3 is 10.4 Å². The maximum Gasteiger partial charge on any atom is 0.326 e. The Labute approximate surface area is 177 Å². The van der Waals surface area contributed by atoms with Gasteiger partial charge in [-0.3, -0.25) is 4.79 Å². The van der Waals surface area contributed by atoms with Gasteiger partial charge in [0.25, 0.3) is 0 Å². The van der Waals surface area contributed by atoms with E-state index in [9.17, 15) is 14.7 Å². The van der Waals surface area contributed by atoms with Gasteiger partial charge in [-0.25, -0.2) is 4.79 Å². The third-order valence-corrected chi connectivity index (χ3v) is 5.56. The number of hydrogen-bond acceptors (Lipinski definition) is 2. The highest BCUT2D eigenvalue weighted by Gasteiger charge is 2.38. The summed E-state index contributed by atoms with van der Waals surface area (Å²) in [5.74, 6) is -1.33. The summed E-state index contributed by atoms with van der Waals surface area (Å²) in [5.41, 5.74) is 1.81. The van der Waals surface area contributed by atoms with Crippen LogP contribution in [0.5, 0.6) is 0 Å². The van der Waals surface area contributed by atoms with E-state index in [1.165, 1.54) is 0 Å². The molecule has 0 aliphatic rings. The van der Waals surface area contributed by atoms with Crippen LogP contribution in [0.25, 0.3) is 0 Å². The molecule has 0 saturated carbocycles. The number of hydrogen-bond donors (Lipinski definition) is 2. The summed E-state index contributed by atoms with van der Waals surface area (Å²) in [6.45, 7) is 1.84. The van der Waals surface area contributed by atoms with E-state index in [0.717, 1.165) is 23.1 Å². The van der Waals surface area contributed by atoms with Crippen LogP contribution in [0.2, 0.25) is 0 Å². The second-order valence-corrected chi connectivity index (χ2v) is 7.60. The Hall–Kier alpha value is -3.40. The van der Waals surface area contributed by atoms with Crippen molar-refractivity contribution in [2.75, 3.05) is 0 Å². The lowest BCUT2D eigenvalue weighted by Gasteiger charge is -2.31. The van der Waals surface area contributed by atoms with Crippen molar-refractivity contribution >= 4 is 11.9 Å². The van der Waals surface area contributed by atoms with Gasteiger partial charge >= 0.3 is 5.97 Å². The first-order valence-electron chi connectivity index (χ1n) is 10.2. The molecule has 0 aromatic heterocycles. The Morgan fingerprint density at radius 2 is 1.30 bits per heavy atom. The fourth-order valence-electron chi connectivity index (χ4n) is 3.69. The molecule has 0 spiro atoms. The van der Waals surface area contributed by atoms with Gasteiger partial charge in [0.2, 0.25) is 5.91 Å². The minimum Gasteiger partial charge on any atom is -0.480 e. The number of amides is 1. The molecule has 4 nitrogen and oxygen atoms in total. The van der Waals surface area contributed by atoms with E-state index in [1.807, 2.05) is 97.9 Å². The summed E-state index contributed by atoms with van der Waals surface area (Å²) in [6.07, 6.45) is 1.82. The average molecular weight is 402 g/mol. The van der Waals surface area contributed by atoms with Gasteiger partial charge in [0, 0.05) is 0 Å². The van der Waals surface area contributed by atoms with Crippen molar-refractivity contribution in [2.45, 2.75) is 37.6 Å².